The molecule has 0 atom stereocenters. The summed E-state index contributed by atoms with van der Waals surface area (Å²) in [4.78, 5) is 37.2. The van der Waals surface area contributed by atoms with Crippen LogP contribution in [0.4, 0.5) is 0 Å². The molecule has 1 rings (SSSR count). The Morgan fingerprint density at radius 1 is 1.43 bits per heavy atom. The summed E-state index contributed by atoms with van der Waals surface area (Å²) in [5, 5.41) is 0.767. The Kier molecular flexibility index (Phi) is 3.24. The summed E-state index contributed by atoms with van der Waals surface area (Å²) in [7, 11) is 0. The highest BCUT2D eigenvalue weighted by Crippen LogP contribution is 2.13. The Bertz CT molecular complexity index is 395. The first-order valence-electron chi connectivity index (χ1n) is 4.00. The van der Waals surface area contributed by atoms with Gasteiger partial charge in [-0.1, -0.05) is 0 Å². The number of rotatable bonds is 4. The standard InChI is InChI=1S/C9H9NO3S/c1-5(11)7(12)3-8(13)9-4-10-6(2)14-9/h4H,3H2,1-2H3. The lowest BCUT2D eigenvalue weighted by molar-refractivity contribution is -0.134. The summed E-state index contributed by atoms with van der Waals surface area (Å²) in [5.74, 6) is -1.57. The van der Waals surface area contributed by atoms with Crippen molar-refractivity contribution in [2.24, 2.45) is 0 Å². The van der Waals surface area contributed by atoms with Crippen molar-refractivity contribution < 1.29 is 14.4 Å². The number of carbonyl (C=O) groups excluding carboxylic acids is 3. The van der Waals surface area contributed by atoms with E-state index in [2.05, 4.69) is 4.98 Å². The molecule has 14 heavy (non-hydrogen) atoms. The summed E-state index contributed by atoms with van der Waals surface area (Å²) in [6.45, 7) is 2.93. The molecule has 0 aliphatic heterocycles. The van der Waals surface area contributed by atoms with Crippen molar-refractivity contribution in [3.05, 3.63) is 16.1 Å². The minimum Gasteiger partial charge on any atom is -0.293 e. The quantitative estimate of drug-likeness (QED) is 0.426. The van der Waals surface area contributed by atoms with Crippen molar-refractivity contribution in [3.8, 4) is 0 Å². The molecule has 4 nitrogen and oxygen atoms in total. The van der Waals surface area contributed by atoms with Crippen LogP contribution in [0.25, 0.3) is 0 Å². The molecule has 0 fully saturated rings. The van der Waals surface area contributed by atoms with Gasteiger partial charge in [0, 0.05) is 13.1 Å². The van der Waals surface area contributed by atoms with Crippen molar-refractivity contribution in [3.63, 3.8) is 0 Å². The third-order valence-electron chi connectivity index (χ3n) is 1.61. The van der Waals surface area contributed by atoms with Crippen LogP contribution in [0.3, 0.4) is 0 Å². The molecule has 0 N–H and O–H groups in total. The predicted octanol–water partition coefficient (Wildman–Crippen LogP) is 1.18. The van der Waals surface area contributed by atoms with Crippen LogP contribution in [-0.2, 0) is 9.59 Å². The first-order chi connectivity index (χ1) is 6.50. The molecule has 0 saturated heterocycles. The van der Waals surface area contributed by atoms with Crippen LogP contribution in [0.2, 0.25) is 0 Å². The number of hydrogen-bond donors (Lipinski definition) is 0. The molecule has 1 heterocycles. The van der Waals surface area contributed by atoms with Crippen molar-refractivity contribution >= 4 is 28.7 Å². The fraction of sp³-hybridized carbons (Fsp3) is 0.333. The van der Waals surface area contributed by atoms with Crippen LogP contribution in [0.1, 0.15) is 28.0 Å². The largest absolute Gasteiger partial charge is 0.293 e. The highest BCUT2D eigenvalue weighted by atomic mass is 32.1. The van der Waals surface area contributed by atoms with Crippen LogP contribution in [0.15, 0.2) is 6.20 Å². The first kappa shape index (κ1) is 10.7. The van der Waals surface area contributed by atoms with Crippen molar-refractivity contribution in [2.75, 3.05) is 0 Å². The second-order valence-electron chi connectivity index (χ2n) is 2.82. The lowest BCUT2D eigenvalue weighted by atomic mass is 10.1. The molecular formula is C9H9NO3S. The molecule has 1 aromatic rings. The number of hydrogen-bond acceptors (Lipinski definition) is 5. The van der Waals surface area contributed by atoms with Gasteiger partial charge >= 0.3 is 0 Å². The van der Waals surface area contributed by atoms with Gasteiger partial charge in [-0.15, -0.1) is 11.3 Å². The Labute approximate surface area is 85.0 Å². The molecule has 0 aromatic carbocycles. The lowest BCUT2D eigenvalue weighted by Gasteiger charge is -1.92. The SMILES string of the molecule is CC(=O)C(=O)CC(=O)c1cnc(C)s1. The van der Waals surface area contributed by atoms with E-state index in [9.17, 15) is 14.4 Å². The van der Waals surface area contributed by atoms with E-state index in [1.165, 1.54) is 17.5 Å². The van der Waals surface area contributed by atoms with Gasteiger partial charge in [-0.2, -0.15) is 0 Å². The van der Waals surface area contributed by atoms with Crippen LogP contribution in [0, 0.1) is 6.92 Å². The number of aryl methyl sites for hydroxylation is 1. The molecular weight excluding hydrogens is 202 g/mol. The minimum absolute atomic E-state index is 0.337. The molecule has 0 amide bonds. The summed E-state index contributed by atoms with van der Waals surface area (Å²) < 4.78 is 0. The Hall–Kier alpha value is -1.36. The topological polar surface area (TPSA) is 64.1 Å². The highest BCUT2D eigenvalue weighted by Gasteiger charge is 2.16. The average molecular weight is 211 g/mol. The van der Waals surface area contributed by atoms with Crippen molar-refractivity contribution in [1.82, 2.24) is 4.98 Å². The number of thiazole rings is 1. The number of ketones is 3. The molecule has 0 spiro atoms. The second-order valence-corrected chi connectivity index (χ2v) is 4.06. The Morgan fingerprint density at radius 2 is 2.07 bits per heavy atom. The highest BCUT2D eigenvalue weighted by molar-refractivity contribution is 7.13. The Balaban J connectivity index is 2.68. The van der Waals surface area contributed by atoms with Gasteiger partial charge in [0.1, 0.15) is 0 Å². The number of nitrogens with zero attached hydrogens (tertiary/aromatic N) is 1. The first-order valence-corrected chi connectivity index (χ1v) is 4.81. The molecule has 0 radical (unpaired) electrons. The maximum atomic E-state index is 11.4. The van der Waals surface area contributed by atoms with E-state index in [0.29, 0.717) is 4.88 Å². The second kappa shape index (κ2) is 4.23. The molecule has 1 aromatic heterocycles. The molecule has 0 bridgehead atoms. The summed E-state index contributed by atoms with van der Waals surface area (Å²) >= 11 is 1.23. The van der Waals surface area contributed by atoms with Gasteiger partial charge in [-0.25, -0.2) is 4.98 Å². The molecule has 5 heteroatoms. The van der Waals surface area contributed by atoms with Gasteiger partial charge in [0.05, 0.1) is 16.3 Å². The summed E-state index contributed by atoms with van der Waals surface area (Å²) in [6, 6.07) is 0. The fourth-order valence-electron chi connectivity index (χ4n) is 0.848. The zero-order chi connectivity index (χ0) is 10.7. The zero-order valence-electron chi connectivity index (χ0n) is 7.86. The van der Waals surface area contributed by atoms with E-state index in [-0.39, 0.29) is 12.2 Å². The van der Waals surface area contributed by atoms with E-state index in [0.717, 1.165) is 11.9 Å². The van der Waals surface area contributed by atoms with Gasteiger partial charge in [-0.3, -0.25) is 14.4 Å². The van der Waals surface area contributed by atoms with Crippen LogP contribution in [-0.4, -0.2) is 22.3 Å². The monoisotopic (exact) mass is 211 g/mol. The van der Waals surface area contributed by atoms with E-state index in [1.807, 2.05) is 0 Å². The Morgan fingerprint density at radius 3 is 2.50 bits per heavy atom. The smallest absolute Gasteiger partial charge is 0.205 e. The van der Waals surface area contributed by atoms with Crippen LogP contribution in [0.5, 0.6) is 0 Å². The van der Waals surface area contributed by atoms with Crippen LogP contribution >= 0.6 is 11.3 Å². The maximum absolute atomic E-state index is 11.4. The van der Waals surface area contributed by atoms with Crippen molar-refractivity contribution in [1.29, 1.82) is 0 Å². The van der Waals surface area contributed by atoms with E-state index >= 15 is 0 Å². The normalized spacial score (nSPS) is 9.86. The number of Topliss-reactive ketones (excluding diaryl/α,β-unsaturated/α-hetero) is 3. The third-order valence-corrected chi connectivity index (χ3v) is 2.56. The summed E-state index contributed by atoms with van der Waals surface area (Å²) in [6.07, 6.45) is 1.08. The molecule has 0 aliphatic carbocycles. The van der Waals surface area contributed by atoms with Gasteiger partial charge in [-0.05, 0) is 6.92 Å². The van der Waals surface area contributed by atoms with Crippen LogP contribution < -0.4 is 0 Å². The number of aromatic nitrogens is 1. The molecule has 0 unspecified atom stereocenters. The third kappa shape index (κ3) is 2.56. The zero-order valence-corrected chi connectivity index (χ0v) is 8.68. The predicted molar refractivity (Wildman–Crippen MR) is 51.5 cm³/mol. The maximum Gasteiger partial charge on any atom is 0.205 e. The van der Waals surface area contributed by atoms with Gasteiger partial charge in [0.25, 0.3) is 0 Å². The van der Waals surface area contributed by atoms with E-state index in [4.69, 9.17) is 0 Å². The van der Waals surface area contributed by atoms with Crippen molar-refractivity contribution in [2.45, 2.75) is 20.3 Å². The van der Waals surface area contributed by atoms with E-state index in [1.54, 1.807) is 6.92 Å². The fourth-order valence-corrected chi connectivity index (χ4v) is 1.56. The minimum atomic E-state index is -0.652. The van der Waals surface area contributed by atoms with E-state index < -0.39 is 11.6 Å². The van der Waals surface area contributed by atoms with Gasteiger partial charge in [0.15, 0.2) is 11.6 Å². The average Bonchev–Trinajstić information content (AvgIpc) is 2.51. The van der Waals surface area contributed by atoms with Gasteiger partial charge < -0.3 is 0 Å². The molecule has 0 saturated carbocycles. The molecule has 74 valence electrons. The molecule has 0 aliphatic rings. The summed E-state index contributed by atoms with van der Waals surface area (Å²) in [5.41, 5.74) is 0. The van der Waals surface area contributed by atoms with Gasteiger partial charge in [0.2, 0.25) is 5.78 Å². The lowest BCUT2D eigenvalue weighted by Crippen LogP contribution is -2.14. The number of carbonyl (C=O) groups is 3.